The summed E-state index contributed by atoms with van der Waals surface area (Å²) < 4.78 is 0. The predicted molar refractivity (Wildman–Crippen MR) is 102 cm³/mol. The number of rotatable bonds is 2. The van der Waals surface area contributed by atoms with Crippen molar-refractivity contribution in [3.05, 3.63) is 64.2 Å². The lowest BCUT2D eigenvalue weighted by atomic mass is 9.76. The zero-order valence-electron chi connectivity index (χ0n) is 15.3. The first-order valence-electron chi connectivity index (χ1n) is 9.17. The highest BCUT2D eigenvalue weighted by molar-refractivity contribution is 6.25. The number of nitro groups is 1. The molecule has 0 bridgehead atoms. The first-order chi connectivity index (χ1) is 13.9. The van der Waals surface area contributed by atoms with Crippen molar-refractivity contribution < 1.29 is 19.3 Å². The molecule has 0 unspecified atom stereocenters. The molecule has 3 aliphatic heterocycles. The Morgan fingerprint density at radius 3 is 2.59 bits per heavy atom. The fourth-order valence-electron chi connectivity index (χ4n) is 4.92. The van der Waals surface area contributed by atoms with Crippen molar-refractivity contribution in [1.29, 1.82) is 0 Å². The summed E-state index contributed by atoms with van der Waals surface area (Å²) in [5.74, 6) is -3.06. The number of para-hydroxylation sites is 1. The average molecular weight is 392 g/mol. The van der Waals surface area contributed by atoms with Gasteiger partial charge < -0.3 is 5.32 Å². The smallest absolute Gasteiger partial charge is 0.271 e. The Labute approximate surface area is 164 Å². The van der Waals surface area contributed by atoms with Gasteiger partial charge in [0.15, 0.2) is 0 Å². The van der Waals surface area contributed by atoms with E-state index in [0.29, 0.717) is 11.3 Å². The largest absolute Gasteiger partial charge is 0.324 e. The Morgan fingerprint density at radius 1 is 1.07 bits per heavy atom. The van der Waals surface area contributed by atoms with Gasteiger partial charge in [-0.1, -0.05) is 24.3 Å². The monoisotopic (exact) mass is 392 g/mol. The van der Waals surface area contributed by atoms with Crippen molar-refractivity contribution in [3.63, 3.8) is 0 Å². The van der Waals surface area contributed by atoms with E-state index in [2.05, 4.69) is 10.6 Å². The van der Waals surface area contributed by atoms with Crippen LogP contribution in [0.4, 0.5) is 17.1 Å². The summed E-state index contributed by atoms with van der Waals surface area (Å²) in [6.07, 6.45) is 0. The minimum atomic E-state index is -1.34. The van der Waals surface area contributed by atoms with E-state index in [1.165, 1.54) is 24.3 Å². The number of carbonyl (C=O) groups is 3. The average Bonchev–Trinajstić information content (AvgIpc) is 3.26. The molecule has 3 aliphatic rings. The molecule has 146 valence electrons. The van der Waals surface area contributed by atoms with E-state index in [4.69, 9.17) is 0 Å². The molecule has 29 heavy (non-hydrogen) atoms. The molecule has 2 aromatic carbocycles. The van der Waals surface area contributed by atoms with Crippen LogP contribution >= 0.6 is 0 Å². The van der Waals surface area contributed by atoms with Gasteiger partial charge in [0.05, 0.1) is 22.4 Å². The Morgan fingerprint density at radius 2 is 1.83 bits per heavy atom. The van der Waals surface area contributed by atoms with E-state index in [1.54, 1.807) is 31.2 Å². The number of amides is 3. The molecule has 2 saturated heterocycles. The summed E-state index contributed by atoms with van der Waals surface area (Å²) in [4.78, 5) is 51.2. The predicted octanol–water partition coefficient (Wildman–Crippen LogP) is 1.54. The van der Waals surface area contributed by atoms with Gasteiger partial charge in [-0.3, -0.25) is 29.8 Å². The van der Waals surface area contributed by atoms with Gasteiger partial charge in [0.1, 0.15) is 5.54 Å². The Balaban J connectivity index is 1.64. The third-order valence-corrected chi connectivity index (χ3v) is 6.07. The zero-order valence-corrected chi connectivity index (χ0v) is 15.3. The minimum absolute atomic E-state index is 0.137. The number of benzene rings is 2. The number of carbonyl (C=O) groups excluding carboxylic acids is 3. The maximum atomic E-state index is 13.5. The van der Waals surface area contributed by atoms with Gasteiger partial charge in [-0.2, -0.15) is 0 Å². The summed E-state index contributed by atoms with van der Waals surface area (Å²) in [7, 11) is 0. The van der Waals surface area contributed by atoms with Crippen LogP contribution < -0.4 is 15.5 Å². The molecule has 4 atom stereocenters. The van der Waals surface area contributed by atoms with Crippen LogP contribution in [0.2, 0.25) is 0 Å². The lowest BCUT2D eigenvalue weighted by molar-refractivity contribution is -0.384. The molecular weight excluding hydrogens is 376 g/mol. The summed E-state index contributed by atoms with van der Waals surface area (Å²) in [6.45, 7) is 1.77. The second-order valence-electron chi connectivity index (χ2n) is 7.53. The summed E-state index contributed by atoms with van der Waals surface area (Å²) in [5.41, 5.74) is -0.191. The molecule has 2 N–H and O–H groups in total. The fraction of sp³-hybridized carbons (Fsp3) is 0.250. The molecule has 3 heterocycles. The minimum Gasteiger partial charge on any atom is -0.324 e. The van der Waals surface area contributed by atoms with Gasteiger partial charge in [-0.25, -0.2) is 4.90 Å². The van der Waals surface area contributed by atoms with Crippen molar-refractivity contribution >= 4 is 34.8 Å². The van der Waals surface area contributed by atoms with Crippen LogP contribution in [-0.4, -0.2) is 28.7 Å². The zero-order chi connectivity index (χ0) is 20.5. The first-order valence-corrected chi connectivity index (χ1v) is 9.17. The molecule has 9 heteroatoms. The van der Waals surface area contributed by atoms with Gasteiger partial charge in [0, 0.05) is 29.4 Å². The van der Waals surface area contributed by atoms with E-state index in [9.17, 15) is 24.5 Å². The van der Waals surface area contributed by atoms with E-state index >= 15 is 0 Å². The lowest BCUT2D eigenvalue weighted by Gasteiger charge is -2.29. The number of nitrogens with one attached hydrogen (secondary N) is 2. The third kappa shape index (κ3) is 2.10. The van der Waals surface area contributed by atoms with Crippen LogP contribution in [0.25, 0.3) is 0 Å². The normalized spacial score (nSPS) is 29.9. The standard InChI is InChI=1S/C20H16N4O5/c1-10-15-16(20(22-10)13-7-2-3-8-14(13)21-19(20)27)18(26)23(17(15)25)11-5-4-6-12(9-11)24(28)29/h2-10,15-16,22H,1H3,(H,21,27)/t10-,15-,16+,20-/m0/s1. The lowest BCUT2D eigenvalue weighted by Crippen LogP contribution is -2.53. The molecule has 2 aromatic rings. The second-order valence-corrected chi connectivity index (χ2v) is 7.53. The number of imide groups is 1. The maximum Gasteiger partial charge on any atom is 0.271 e. The van der Waals surface area contributed by atoms with Gasteiger partial charge in [-0.15, -0.1) is 0 Å². The van der Waals surface area contributed by atoms with Crippen LogP contribution in [0, 0.1) is 22.0 Å². The van der Waals surface area contributed by atoms with E-state index in [0.717, 1.165) is 4.90 Å². The van der Waals surface area contributed by atoms with E-state index in [-0.39, 0.29) is 17.3 Å². The Bertz CT molecular complexity index is 1120. The van der Waals surface area contributed by atoms with Gasteiger partial charge in [0.25, 0.3) is 5.69 Å². The number of fused-ring (bicyclic) bond motifs is 4. The molecule has 2 fully saturated rings. The molecule has 1 spiro atoms. The summed E-state index contributed by atoms with van der Waals surface area (Å²) >= 11 is 0. The van der Waals surface area contributed by atoms with Crippen LogP contribution in [0.3, 0.4) is 0 Å². The quantitative estimate of drug-likeness (QED) is 0.454. The number of anilines is 2. The van der Waals surface area contributed by atoms with Crippen LogP contribution in [0.15, 0.2) is 48.5 Å². The second kappa shape index (κ2) is 5.71. The van der Waals surface area contributed by atoms with Gasteiger partial charge in [-0.05, 0) is 19.1 Å². The van der Waals surface area contributed by atoms with Crippen LogP contribution in [-0.2, 0) is 19.9 Å². The fourth-order valence-corrected chi connectivity index (χ4v) is 4.92. The Kier molecular flexibility index (Phi) is 3.45. The van der Waals surface area contributed by atoms with Crippen molar-refractivity contribution in [3.8, 4) is 0 Å². The first kappa shape index (κ1) is 17.5. The summed E-state index contributed by atoms with van der Waals surface area (Å²) in [6, 6.07) is 12.0. The molecule has 3 amide bonds. The highest BCUT2D eigenvalue weighted by Crippen LogP contribution is 2.53. The number of hydrogen-bond donors (Lipinski definition) is 2. The maximum absolute atomic E-state index is 13.5. The number of non-ortho nitro benzene ring substituents is 1. The molecule has 5 rings (SSSR count). The van der Waals surface area contributed by atoms with Crippen molar-refractivity contribution in [2.24, 2.45) is 11.8 Å². The van der Waals surface area contributed by atoms with Gasteiger partial charge in [0.2, 0.25) is 17.7 Å². The van der Waals surface area contributed by atoms with Crippen molar-refractivity contribution in [1.82, 2.24) is 5.32 Å². The molecule has 0 saturated carbocycles. The summed E-state index contributed by atoms with van der Waals surface area (Å²) in [5, 5.41) is 17.1. The molecular formula is C20H16N4O5. The number of nitrogens with zero attached hydrogens (tertiary/aromatic N) is 2. The van der Waals surface area contributed by atoms with Crippen LogP contribution in [0.1, 0.15) is 12.5 Å². The highest BCUT2D eigenvalue weighted by Gasteiger charge is 2.69. The molecule has 0 aliphatic carbocycles. The van der Waals surface area contributed by atoms with Crippen molar-refractivity contribution in [2.45, 2.75) is 18.5 Å². The van der Waals surface area contributed by atoms with Crippen LogP contribution in [0.5, 0.6) is 0 Å². The molecule has 0 radical (unpaired) electrons. The highest BCUT2D eigenvalue weighted by atomic mass is 16.6. The Hall–Kier alpha value is -3.59. The van der Waals surface area contributed by atoms with E-state index < -0.39 is 40.2 Å². The number of nitro benzene ring substituents is 1. The van der Waals surface area contributed by atoms with Gasteiger partial charge >= 0.3 is 0 Å². The molecule has 9 nitrogen and oxygen atoms in total. The van der Waals surface area contributed by atoms with Crippen molar-refractivity contribution in [2.75, 3.05) is 10.2 Å². The van der Waals surface area contributed by atoms with E-state index in [1.807, 2.05) is 0 Å². The SMILES string of the molecule is C[C@@H]1N[C@]2(C(=O)Nc3ccccc32)[C@H]2C(=O)N(c3cccc([N+](=O)[O-])c3)C(=O)[C@@H]12. The number of hydrogen-bond acceptors (Lipinski definition) is 6. The molecule has 0 aromatic heterocycles. The topological polar surface area (TPSA) is 122 Å². The third-order valence-electron chi connectivity index (χ3n) is 6.07.